The fourth-order valence-corrected chi connectivity index (χ4v) is 1.49. The molecule has 1 aliphatic rings. The summed E-state index contributed by atoms with van der Waals surface area (Å²) in [7, 11) is 5.75. The second kappa shape index (κ2) is 18.4. The van der Waals surface area contributed by atoms with Crippen LogP contribution in [0.15, 0.2) is 0 Å². The van der Waals surface area contributed by atoms with Crippen LogP contribution in [0.4, 0.5) is 0 Å². The number of carbonyl (C=O) groups is 1. The van der Waals surface area contributed by atoms with Crippen molar-refractivity contribution in [2.75, 3.05) is 53.9 Å². The Hall–Kier alpha value is -0.650. The van der Waals surface area contributed by atoms with Gasteiger partial charge in [-0.15, -0.1) is 0 Å². The predicted octanol–water partition coefficient (Wildman–Crippen LogP) is 1.91. The van der Waals surface area contributed by atoms with Crippen molar-refractivity contribution in [3.63, 3.8) is 0 Å². The number of hydrazine groups is 1. The summed E-state index contributed by atoms with van der Waals surface area (Å²) in [6.07, 6.45) is 0. The average molecular weight is 290 g/mol. The Bertz CT molecular complexity index is 190. The Balaban J connectivity index is -0.000000425. The molecule has 0 aromatic carbocycles. The first kappa shape index (κ1) is 24.4. The van der Waals surface area contributed by atoms with Gasteiger partial charge in [-0.2, -0.15) is 0 Å². The first-order valence-electron chi connectivity index (χ1n) is 7.95. The molecule has 0 atom stereocenters. The van der Waals surface area contributed by atoms with E-state index >= 15 is 0 Å². The minimum atomic E-state index is 0.0690. The van der Waals surface area contributed by atoms with E-state index in [1.54, 1.807) is 5.01 Å². The number of carbonyl (C=O) groups excluding carboxylic acids is 1. The minimum Gasteiger partial charge on any atom is -0.304 e. The molecule has 0 aromatic rings. The molecular formula is C15H38N4O. The van der Waals surface area contributed by atoms with Gasteiger partial charge in [-0.3, -0.25) is 15.1 Å². The molecule has 1 rings (SSSR count). The molecule has 1 aliphatic heterocycles. The quantitative estimate of drug-likeness (QED) is 0.806. The van der Waals surface area contributed by atoms with Crippen LogP contribution in [-0.2, 0) is 4.79 Å². The molecule has 1 N–H and O–H groups in total. The summed E-state index contributed by atoms with van der Waals surface area (Å²) in [5.41, 5.74) is 2.74. The normalized spacial score (nSPS) is 14.9. The van der Waals surface area contributed by atoms with Crippen molar-refractivity contribution in [3.8, 4) is 0 Å². The van der Waals surface area contributed by atoms with Gasteiger partial charge in [0.1, 0.15) is 0 Å². The third-order valence-corrected chi connectivity index (χ3v) is 2.31. The largest absolute Gasteiger partial charge is 0.304 e. The van der Waals surface area contributed by atoms with Gasteiger partial charge in [0.2, 0.25) is 5.91 Å². The van der Waals surface area contributed by atoms with E-state index in [0.29, 0.717) is 6.54 Å². The van der Waals surface area contributed by atoms with E-state index in [1.807, 2.05) is 55.6 Å². The van der Waals surface area contributed by atoms with Crippen LogP contribution < -0.4 is 5.43 Å². The van der Waals surface area contributed by atoms with Crippen molar-refractivity contribution in [3.05, 3.63) is 0 Å². The monoisotopic (exact) mass is 290 g/mol. The maximum atomic E-state index is 11.4. The topological polar surface area (TPSA) is 38.8 Å². The summed E-state index contributed by atoms with van der Waals surface area (Å²) >= 11 is 0. The van der Waals surface area contributed by atoms with Gasteiger partial charge in [-0.1, -0.05) is 41.5 Å². The van der Waals surface area contributed by atoms with Crippen LogP contribution in [0.5, 0.6) is 0 Å². The van der Waals surface area contributed by atoms with Crippen molar-refractivity contribution in [1.29, 1.82) is 0 Å². The third-order valence-electron chi connectivity index (χ3n) is 2.31. The molecule has 0 saturated carbocycles. The molecule has 0 spiro atoms. The summed E-state index contributed by atoms with van der Waals surface area (Å²) in [5.74, 6) is 0.0690. The van der Waals surface area contributed by atoms with E-state index in [-0.39, 0.29) is 5.91 Å². The lowest BCUT2D eigenvalue weighted by molar-refractivity contribution is -0.126. The fraction of sp³-hybridized carbons (Fsp3) is 0.933. The maximum Gasteiger partial charge on any atom is 0.248 e. The zero-order chi connectivity index (χ0) is 16.6. The highest BCUT2D eigenvalue weighted by Crippen LogP contribution is 1.97. The first-order valence-corrected chi connectivity index (χ1v) is 7.95. The average Bonchev–Trinajstić information content (AvgIpc) is 2.47. The molecule has 0 aromatic heterocycles. The molecule has 124 valence electrons. The van der Waals surface area contributed by atoms with E-state index < -0.39 is 0 Å². The highest BCUT2D eigenvalue weighted by molar-refractivity contribution is 5.77. The molecule has 1 fully saturated rings. The van der Waals surface area contributed by atoms with Crippen molar-refractivity contribution in [2.45, 2.75) is 41.5 Å². The SMILES string of the molecule is CC.CC.CC.CN1CCN(CC(=O)NN(C)C)CC1. The van der Waals surface area contributed by atoms with Gasteiger partial charge < -0.3 is 4.90 Å². The van der Waals surface area contributed by atoms with E-state index in [2.05, 4.69) is 22.3 Å². The second-order valence-corrected chi connectivity index (χ2v) is 4.01. The van der Waals surface area contributed by atoms with Crippen LogP contribution in [0.1, 0.15) is 41.5 Å². The molecule has 1 amide bonds. The summed E-state index contributed by atoms with van der Waals surface area (Å²) in [6, 6.07) is 0. The smallest absolute Gasteiger partial charge is 0.248 e. The number of hydrogen-bond acceptors (Lipinski definition) is 4. The van der Waals surface area contributed by atoms with Crippen LogP contribution in [0, 0.1) is 0 Å². The van der Waals surface area contributed by atoms with E-state index in [1.165, 1.54) is 0 Å². The van der Waals surface area contributed by atoms with Crippen LogP contribution in [0.25, 0.3) is 0 Å². The first-order chi connectivity index (χ1) is 9.58. The summed E-state index contributed by atoms with van der Waals surface area (Å²) in [4.78, 5) is 15.9. The summed E-state index contributed by atoms with van der Waals surface area (Å²) in [5, 5.41) is 1.68. The van der Waals surface area contributed by atoms with Gasteiger partial charge in [0.05, 0.1) is 6.54 Å². The van der Waals surface area contributed by atoms with Gasteiger partial charge >= 0.3 is 0 Å². The predicted molar refractivity (Wildman–Crippen MR) is 89.8 cm³/mol. The second-order valence-electron chi connectivity index (χ2n) is 4.01. The van der Waals surface area contributed by atoms with E-state index in [0.717, 1.165) is 26.2 Å². The number of amides is 1. The van der Waals surface area contributed by atoms with Gasteiger partial charge in [0.15, 0.2) is 0 Å². The molecule has 1 saturated heterocycles. The van der Waals surface area contributed by atoms with E-state index in [4.69, 9.17) is 0 Å². The van der Waals surface area contributed by atoms with Crippen LogP contribution in [0.3, 0.4) is 0 Å². The Labute approximate surface area is 127 Å². The lowest BCUT2D eigenvalue weighted by Crippen LogP contribution is -2.49. The molecule has 5 heteroatoms. The van der Waals surface area contributed by atoms with Gasteiger partial charge in [-0.05, 0) is 7.05 Å². The number of likely N-dealkylation sites (N-methyl/N-ethyl adjacent to an activating group) is 1. The number of nitrogens with zero attached hydrogens (tertiary/aromatic N) is 3. The molecule has 5 nitrogen and oxygen atoms in total. The Morgan fingerprint density at radius 3 is 1.70 bits per heavy atom. The molecule has 0 aliphatic carbocycles. The standard InChI is InChI=1S/C9H20N4O.3C2H6/c1-11(2)10-9(14)8-13-6-4-12(3)5-7-13;3*1-2/h4-8H2,1-3H3,(H,10,14);3*1-2H3. The Morgan fingerprint density at radius 1 is 0.950 bits per heavy atom. The van der Waals surface area contributed by atoms with Crippen LogP contribution in [-0.4, -0.2) is 74.6 Å². The lowest BCUT2D eigenvalue weighted by atomic mass is 10.3. The molecule has 20 heavy (non-hydrogen) atoms. The maximum absolute atomic E-state index is 11.4. The number of nitrogens with one attached hydrogen (secondary N) is 1. The highest BCUT2D eigenvalue weighted by atomic mass is 16.2. The van der Waals surface area contributed by atoms with Crippen molar-refractivity contribution >= 4 is 5.91 Å². The molecule has 1 heterocycles. The van der Waals surface area contributed by atoms with E-state index in [9.17, 15) is 4.79 Å². The molecule has 0 bridgehead atoms. The summed E-state index contributed by atoms with van der Waals surface area (Å²) in [6.45, 7) is 16.6. The number of rotatable bonds is 3. The van der Waals surface area contributed by atoms with Gasteiger partial charge in [0, 0.05) is 40.3 Å². The zero-order valence-electron chi connectivity index (χ0n) is 15.3. The van der Waals surface area contributed by atoms with Crippen LogP contribution in [0.2, 0.25) is 0 Å². The van der Waals surface area contributed by atoms with Gasteiger partial charge in [0.25, 0.3) is 0 Å². The zero-order valence-corrected chi connectivity index (χ0v) is 15.3. The number of piperazine rings is 1. The molecule has 0 unspecified atom stereocenters. The minimum absolute atomic E-state index is 0.0690. The fourth-order valence-electron chi connectivity index (χ4n) is 1.49. The number of hydrogen-bond donors (Lipinski definition) is 1. The third kappa shape index (κ3) is 15.4. The Kier molecular flexibility index (Phi) is 22.4. The molecular weight excluding hydrogens is 252 g/mol. The highest BCUT2D eigenvalue weighted by Gasteiger charge is 2.16. The van der Waals surface area contributed by atoms with Crippen molar-refractivity contribution < 1.29 is 4.79 Å². The molecule has 0 radical (unpaired) electrons. The van der Waals surface area contributed by atoms with Gasteiger partial charge in [-0.25, -0.2) is 5.01 Å². The lowest BCUT2D eigenvalue weighted by Gasteiger charge is -2.31. The Morgan fingerprint density at radius 2 is 1.35 bits per heavy atom. The van der Waals surface area contributed by atoms with Crippen molar-refractivity contribution in [1.82, 2.24) is 20.2 Å². The van der Waals surface area contributed by atoms with Crippen LogP contribution >= 0.6 is 0 Å². The summed E-state index contributed by atoms with van der Waals surface area (Å²) < 4.78 is 0. The van der Waals surface area contributed by atoms with Crippen molar-refractivity contribution in [2.24, 2.45) is 0 Å².